The lowest BCUT2D eigenvalue weighted by Gasteiger charge is -2.18. The Morgan fingerprint density at radius 2 is 1.59 bits per heavy atom. The number of aromatic nitrogens is 2. The van der Waals surface area contributed by atoms with Crippen molar-refractivity contribution < 1.29 is 0 Å². The topological polar surface area (TPSA) is 17.3 Å². The van der Waals surface area contributed by atoms with E-state index in [4.69, 9.17) is 4.98 Å². The van der Waals surface area contributed by atoms with E-state index < -0.39 is 0 Å². The fourth-order valence-electron chi connectivity index (χ4n) is 6.22. The summed E-state index contributed by atoms with van der Waals surface area (Å²) in [5.74, 6) is 1.01. The van der Waals surface area contributed by atoms with Crippen molar-refractivity contribution >= 4 is 59.8 Å². The molecule has 34 heavy (non-hydrogen) atoms. The number of rotatable bonds is 3. The summed E-state index contributed by atoms with van der Waals surface area (Å²) < 4.78 is 2.58. The SMILES string of the molecule is CC(C)Cc1c2ccccc2cc2c3nccc4ccc5c6c(C(C)C)cccc6n(c12)c5c43. The molecule has 166 valence electrons. The molecule has 2 nitrogen and oxygen atoms in total. The maximum absolute atomic E-state index is 5.00. The van der Waals surface area contributed by atoms with Crippen LogP contribution in [0.25, 0.3) is 59.8 Å². The fraction of sp³-hybridized carbons (Fsp3) is 0.219. The highest BCUT2D eigenvalue weighted by molar-refractivity contribution is 6.29. The first-order valence-electron chi connectivity index (χ1n) is 12.4. The molecule has 0 amide bonds. The van der Waals surface area contributed by atoms with Crippen molar-refractivity contribution in [1.82, 2.24) is 9.38 Å². The lowest BCUT2D eigenvalue weighted by molar-refractivity contribution is 0.652. The average Bonchev–Trinajstić information content (AvgIpc) is 3.18. The summed E-state index contributed by atoms with van der Waals surface area (Å²) in [6, 6.07) is 24.9. The normalized spacial score (nSPS) is 12.8. The third-order valence-corrected chi connectivity index (χ3v) is 7.55. The molecule has 0 spiro atoms. The molecule has 0 N–H and O–H groups in total. The van der Waals surface area contributed by atoms with Gasteiger partial charge in [-0.1, -0.05) is 76.2 Å². The second kappa shape index (κ2) is 6.93. The molecule has 0 aliphatic heterocycles. The van der Waals surface area contributed by atoms with Crippen LogP contribution in [0.3, 0.4) is 0 Å². The van der Waals surface area contributed by atoms with Crippen molar-refractivity contribution in [3.05, 3.63) is 84.1 Å². The van der Waals surface area contributed by atoms with Crippen molar-refractivity contribution in [3.63, 3.8) is 0 Å². The lowest BCUT2D eigenvalue weighted by atomic mass is 9.92. The molecule has 0 aliphatic carbocycles. The standard InChI is InChI=1S/C32H28N2/c1-18(2)16-25-23-9-6-5-8-21(23)17-26-30-28-20(14-15-33-30)12-13-24-29-22(19(3)4)10-7-11-27(29)34(31(25)26)32(24)28/h5-15,17-19H,16H2,1-4H3. The zero-order chi connectivity index (χ0) is 23.1. The minimum Gasteiger partial charge on any atom is -0.308 e. The van der Waals surface area contributed by atoms with Crippen LogP contribution in [0.4, 0.5) is 0 Å². The second-order valence-electron chi connectivity index (χ2n) is 10.5. The van der Waals surface area contributed by atoms with E-state index in [0.29, 0.717) is 11.8 Å². The predicted octanol–water partition coefficient (Wildman–Crippen LogP) is 8.86. The Balaban J connectivity index is 1.89. The van der Waals surface area contributed by atoms with Crippen LogP contribution in [0.5, 0.6) is 0 Å². The number of hydrogen-bond donors (Lipinski definition) is 0. The van der Waals surface area contributed by atoms with Gasteiger partial charge in [-0.3, -0.25) is 4.98 Å². The maximum atomic E-state index is 5.00. The lowest BCUT2D eigenvalue weighted by Crippen LogP contribution is -2.02. The molecular formula is C32H28N2. The molecule has 0 fully saturated rings. The van der Waals surface area contributed by atoms with Crippen molar-refractivity contribution in [2.45, 2.75) is 40.0 Å². The Morgan fingerprint density at radius 3 is 2.41 bits per heavy atom. The van der Waals surface area contributed by atoms with E-state index in [0.717, 1.165) is 11.9 Å². The molecule has 0 aliphatic rings. The Bertz CT molecular complexity index is 1890. The van der Waals surface area contributed by atoms with Gasteiger partial charge in [0.15, 0.2) is 0 Å². The number of benzene rings is 4. The maximum Gasteiger partial charge on any atom is 0.0823 e. The van der Waals surface area contributed by atoms with Crippen molar-refractivity contribution in [2.24, 2.45) is 5.92 Å². The van der Waals surface area contributed by atoms with Crippen molar-refractivity contribution in [2.75, 3.05) is 0 Å². The van der Waals surface area contributed by atoms with Gasteiger partial charge in [0.05, 0.1) is 22.1 Å². The molecule has 0 radical (unpaired) electrons. The van der Waals surface area contributed by atoms with Crippen LogP contribution in [0.1, 0.15) is 44.7 Å². The summed E-state index contributed by atoms with van der Waals surface area (Å²) in [7, 11) is 0. The summed E-state index contributed by atoms with van der Waals surface area (Å²) in [6.45, 7) is 9.25. The monoisotopic (exact) mass is 440 g/mol. The fourth-order valence-corrected chi connectivity index (χ4v) is 6.22. The van der Waals surface area contributed by atoms with Gasteiger partial charge < -0.3 is 4.40 Å². The quantitative estimate of drug-likeness (QED) is 0.198. The first-order valence-corrected chi connectivity index (χ1v) is 12.4. The van der Waals surface area contributed by atoms with Gasteiger partial charge in [0.1, 0.15) is 0 Å². The number of pyridine rings is 2. The number of hydrogen-bond acceptors (Lipinski definition) is 1. The summed E-state index contributed by atoms with van der Waals surface area (Å²) in [4.78, 5) is 5.00. The third-order valence-electron chi connectivity index (χ3n) is 7.55. The van der Waals surface area contributed by atoms with E-state index in [1.165, 1.54) is 65.4 Å². The van der Waals surface area contributed by atoms with E-state index >= 15 is 0 Å². The summed E-state index contributed by atoms with van der Waals surface area (Å²) in [5.41, 5.74) is 7.93. The molecular weight excluding hydrogens is 412 g/mol. The number of nitrogens with zero attached hydrogens (tertiary/aromatic N) is 2. The highest BCUT2D eigenvalue weighted by atomic mass is 14.9. The molecule has 0 unspecified atom stereocenters. The van der Waals surface area contributed by atoms with Crippen LogP contribution in [-0.2, 0) is 6.42 Å². The highest BCUT2D eigenvalue weighted by Crippen LogP contribution is 2.44. The molecule has 3 heterocycles. The molecule has 0 atom stereocenters. The second-order valence-corrected chi connectivity index (χ2v) is 10.5. The van der Waals surface area contributed by atoms with Gasteiger partial charge in [-0.05, 0) is 63.7 Å². The summed E-state index contributed by atoms with van der Waals surface area (Å²) >= 11 is 0. The van der Waals surface area contributed by atoms with Crippen LogP contribution in [-0.4, -0.2) is 9.38 Å². The Hall–Kier alpha value is -3.65. The van der Waals surface area contributed by atoms with Gasteiger partial charge >= 0.3 is 0 Å². The van der Waals surface area contributed by atoms with Gasteiger partial charge in [-0.2, -0.15) is 0 Å². The summed E-state index contributed by atoms with van der Waals surface area (Å²) in [6.07, 6.45) is 3.01. The Kier molecular flexibility index (Phi) is 4.03. The zero-order valence-corrected chi connectivity index (χ0v) is 20.2. The largest absolute Gasteiger partial charge is 0.308 e. The van der Waals surface area contributed by atoms with Crippen molar-refractivity contribution in [1.29, 1.82) is 0 Å². The van der Waals surface area contributed by atoms with Crippen molar-refractivity contribution in [3.8, 4) is 0 Å². The van der Waals surface area contributed by atoms with E-state index in [1.807, 2.05) is 6.20 Å². The van der Waals surface area contributed by atoms with E-state index in [1.54, 1.807) is 0 Å². The minimum absolute atomic E-state index is 0.457. The van der Waals surface area contributed by atoms with Gasteiger partial charge in [-0.25, -0.2) is 0 Å². The smallest absolute Gasteiger partial charge is 0.0823 e. The van der Waals surface area contributed by atoms with Gasteiger partial charge in [-0.15, -0.1) is 0 Å². The van der Waals surface area contributed by atoms with E-state index in [2.05, 4.69) is 98.8 Å². The Morgan fingerprint density at radius 1 is 0.735 bits per heavy atom. The molecule has 0 bridgehead atoms. The van der Waals surface area contributed by atoms with Gasteiger partial charge in [0.25, 0.3) is 0 Å². The molecule has 0 saturated carbocycles. The first-order chi connectivity index (χ1) is 16.5. The summed E-state index contributed by atoms with van der Waals surface area (Å²) in [5, 5.41) is 9.19. The first kappa shape index (κ1) is 19.8. The minimum atomic E-state index is 0.457. The van der Waals surface area contributed by atoms with Gasteiger partial charge in [0.2, 0.25) is 0 Å². The molecule has 4 aromatic carbocycles. The molecule has 3 aromatic heterocycles. The predicted molar refractivity (Wildman–Crippen MR) is 147 cm³/mol. The molecule has 7 rings (SSSR count). The molecule has 2 heteroatoms. The van der Waals surface area contributed by atoms with Crippen LogP contribution in [0.2, 0.25) is 0 Å². The highest BCUT2D eigenvalue weighted by Gasteiger charge is 2.23. The average molecular weight is 441 g/mol. The van der Waals surface area contributed by atoms with E-state index in [9.17, 15) is 0 Å². The zero-order valence-electron chi connectivity index (χ0n) is 20.2. The van der Waals surface area contributed by atoms with Crippen LogP contribution in [0.15, 0.2) is 72.9 Å². The van der Waals surface area contributed by atoms with Crippen LogP contribution >= 0.6 is 0 Å². The molecule has 0 saturated heterocycles. The molecule has 7 aromatic rings. The van der Waals surface area contributed by atoms with E-state index in [-0.39, 0.29) is 0 Å². The van der Waals surface area contributed by atoms with Gasteiger partial charge in [0, 0.05) is 27.7 Å². The number of fused-ring (bicyclic) bond motifs is 7. The Labute approximate surface area is 199 Å². The van der Waals surface area contributed by atoms with Crippen LogP contribution in [0, 0.1) is 5.92 Å². The van der Waals surface area contributed by atoms with Crippen LogP contribution < -0.4 is 0 Å². The third kappa shape index (κ3) is 2.49.